The third-order valence-corrected chi connectivity index (χ3v) is 4.14. The summed E-state index contributed by atoms with van der Waals surface area (Å²) in [7, 11) is 1.63. The summed E-state index contributed by atoms with van der Waals surface area (Å²) in [5, 5.41) is 2.96. The third kappa shape index (κ3) is 5.24. The molecule has 0 aliphatic rings. The van der Waals surface area contributed by atoms with Crippen molar-refractivity contribution in [2.75, 3.05) is 13.7 Å². The zero-order valence-corrected chi connectivity index (χ0v) is 15.6. The second kappa shape index (κ2) is 8.56. The van der Waals surface area contributed by atoms with E-state index in [1.807, 2.05) is 44.2 Å². The molecule has 0 heterocycles. The smallest absolute Gasteiger partial charge is 0.258 e. The van der Waals surface area contributed by atoms with Crippen LogP contribution in [0.25, 0.3) is 0 Å². The largest absolute Gasteiger partial charge is 0.497 e. The Hall–Kier alpha value is -2.49. The van der Waals surface area contributed by atoms with Crippen LogP contribution < -0.4 is 14.8 Å². The Morgan fingerprint density at radius 2 is 1.76 bits per heavy atom. The van der Waals surface area contributed by atoms with Gasteiger partial charge >= 0.3 is 0 Å². The maximum atomic E-state index is 12.2. The van der Waals surface area contributed by atoms with Gasteiger partial charge in [-0.15, -0.1) is 0 Å². The van der Waals surface area contributed by atoms with Crippen LogP contribution in [0.1, 0.15) is 49.4 Å². The van der Waals surface area contributed by atoms with Gasteiger partial charge in [-0.2, -0.15) is 0 Å². The summed E-state index contributed by atoms with van der Waals surface area (Å²) in [5.74, 6) is 1.78. The number of hydrogen-bond acceptors (Lipinski definition) is 3. The highest BCUT2D eigenvalue weighted by Crippen LogP contribution is 2.27. The molecule has 0 saturated heterocycles. The van der Waals surface area contributed by atoms with Crippen molar-refractivity contribution in [2.45, 2.75) is 39.7 Å². The second-order valence-electron chi connectivity index (χ2n) is 6.55. The summed E-state index contributed by atoms with van der Waals surface area (Å²) in [6.45, 7) is 8.20. The summed E-state index contributed by atoms with van der Waals surface area (Å²) in [6, 6.07) is 13.7. The van der Waals surface area contributed by atoms with E-state index in [9.17, 15) is 4.79 Å². The number of ether oxygens (including phenoxy) is 2. The Morgan fingerprint density at radius 3 is 2.36 bits per heavy atom. The van der Waals surface area contributed by atoms with Gasteiger partial charge in [-0.3, -0.25) is 4.79 Å². The number of amides is 1. The third-order valence-electron chi connectivity index (χ3n) is 4.14. The fraction of sp³-hybridized carbons (Fsp3) is 0.381. The fourth-order valence-electron chi connectivity index (χ4n) is 2.65. The van der Waals surface area contributed by atoms with Crippen LogP contribution in [0.2, 0.25) is 0 Å². The van der Waals surface area contributed by atoms with Crippen LogP contribution in [-0.2, 0) is 4.79 Å². The van der Waals surface area contributed by atoms with Gasteiger partial charge in [0.25, 0.3) is 5.91 Å². The molecule has 0 saturated carbocycles. The van der Waals surface area contributed by atoms with Crippen LogP contribution in [0, 0.1) is 6.92 Å². The molecule has 2 rings (SSSR count). The molecule has 0 bridgehead atoms. The van der Waals surface area contributed by atoms with Gasteiger partial charge in [-0.25, -0.2) is 0 Å². The lowest BCUT2D eigenvalue weighted by molar-refractivity contribution is -0.123. The molecular formula is C21H27NO3. The van der Waals surface area contributed by atoms with E-state index < -0.39 is 0 Å². The molecule has 0 aliphatic carbocycles. The van der Waals surface area contributed by atoms with Gasteiger partial charge in [0, 0.05) is 0 Å². The van der Waals surface area contributed by atoms with Crippen molar-refractivity contribution < 1.29 is 14.3 Å². The highest BCUT2D eigenvalue weighted by molar-refractivity contribution is 5.78. The highest BCUT2D eigenvalue weighted by Gasteiger charge is 2.13. The molecule has 0 spiro atoms. The van der Waals surface area contributed by atoms with Crippen molar-refractivity contribution >= 4 is 5.91 Å². The lowest BCUT2D eigenvalue weighted by atomic mass is 10.0. The van der Waals surface area contributed by atoms with Crippen molar-refractivity contribution in [3.8, 4) is 11.5 Å². The van der Waals surface area contributed by atoms with E-state index >= 15 is 0 Å². The lowest BCUT2D eigenvalue weighted by Crippen LogP contribution is -2.31. The SMILES string of the molecule is COc1ccc(C(C)NC(=O)COc2cc(C)ccc2C(C)C)cc1. The molecule has 0 aromatic heterocycles. The zero-order valence-electron chi connectivity index (χ0n) is 15.6. The Balaban J connectivity index is 1.95. The van der Waals surface area contributed by atoms with Crippen molar-refractivity contribution in [1.29, 1.82) is 0 Å². The molecule has 0 radical (unpaired) electrons. The van der Waals surface area contributed by atoms with Crippen LogP contribution in [0.15, 0.2) is 42.5 Å². The Morgan fingerprint density at radius 1 is 1.08 bits per heavy atom. The van der Waals surface area contributed by atoms with Gasteiger partial charge in [0.05, 0.1) is 13.2 Å². The summed E-state index contributed by atoms with van der Waals surface area (Å²) in [6.07, 6.45) is 0. The molecule has 1 amide bonds. The Kier molecular flexibility index (Phi) is 6.45. The van der Waals surface area contributed by atoms with Crippen molar-refractivity contribution in [2.24, 2.45) is 0 Å². The van der Waals surface area contributed by atoms with Gasteiger partial charge < -0.3 is 14.8 Å². The first kappa shape index (κ1) is 18.8. The molecule has 1 atom stereocenters. The molecule has 0 fully saturated rings. The van der Waals surface area contributed by atoms with Crippen molar-refractivity contribution in [3.63, 3.8) is 0 Å². The van der Waals surface area contributed by atoms with Gasteiger partial charge in [0.15, 0.2) is 6.61 Å². The first-order valence-electron chi connectivity index (χ1n) is 8.57. The van der Waals surface area contributed by atoms with Crippen LogP contribution in [0.4, 0.5) is 0 Å². The molecule has 1 unspecified atom stereocenters. The van der Waals surface area contributed by atoms with Crippen molar-refractivity contribution in [3.05, 3.63) is 59.2 Å². The topological polar surface area (TPSA) is 47.6 Å². The summed E-state index contributed by atoms with van der Waals surface area (Å²) >= 11 is 0. The summed E-state index contributed by atoms with van der Waals surface area (Å²) in [5.41, 5.74) is 3.25. The van der Waals surface area contributed by atoms with Crippen molar-refractivity contribution in [1.82, 2.24) is 5.32 Å². The van der Waals surface area contributed by atoms with E-state index in [0.29, 0.717) is 5.92 Å². The zero-order chi connectivity index (χ0) is 18.4. The van der Waals surface area contributed by atoms with Gasteiger partial charge in [-0.05, 0) is 54.7 Å². The molecule has 2 aromatic rings. The van der Waals surface area contributed by atoms with E-state index in [4.69, 9.17) is 9.47 Å². The molecule has 25 heavy (non-hydrogen) atoms. The summed E-state index contributed by atoms with van der Waals surface area (Å²) < 4.78 is 10.9. The maximum Gasteiger partial charge on any atom is 0.258 e. The number of carbonyl (C=O) groups is 1. The van der Waals surface area contributed by atoms with E-state index in [2.05, 4.69) is 31.3 Å². The van der Waals surface area contributed by atoms with Crippen LogP contribution in [0.3, 0.4) is 0 Å². The molecule has 0 aliphatic heterocycles. The quantitative estimate of drug-likeness (QED) is 0.813. The first-order valence-corrected chi connectivity index (χ1v) is 8.57. The molecule has 4 nitrogen and oxygen atoms in total. The number of benzene rings is 2. The number of nitrogens with one attached hydrogen (secondary N) is 1. The second-order valence-corrected chi connectivity index (χ2v) is 6.55. The summed E-state index contributed by atoms with van der Waals surface area (Å²) in [4.78, 5) is 12.2. The molecular weight excluding hydrogens is 314 g/mol. The van der Waals surface area contributed by atoms with E-state index in [-0.39, 0.29) is 18.6 Å². The predicted octanol–water partition coefficient (Wildman–Crippen LogP) is 4.38. The van der Waals surface area contributed by atoms with E-state index in [0.717, 1.165) is 28.2 Å². The average molecular weight is 341 g/mol. The highest BCUT2D eigenvalue weighted by atomic mass is 16.5. The van der Waals surface area contributed by atoms with Crippen LogP contribution in [0.5, 0.6) is 11.5 Å². The minimum atomic E-state index is -0.139. The number of methoxy groups -OCH3 is 1. The van der Waals surface area contributed by atoms with E-state index in [1.165, 1.54) is 0 Å². The monoisotopic (exact) mass is 341 g/mol. The van der Waals surface area contributed by atoms with E-state index in [1.54, 1.807) is 7.11 Å². The average Bonchev–Trinajstić information content (AvgIpc) is 2.59. The molecule has 1 N–H and O–H groups in total. The first-order chi connectivity index (χ1) is 11.9. The molecule has 2 aromatic carbocycles. The normalized spacial score (nSPS) is 11.9. The van der Waals surface area contributed by atoms with Crippen LogP contribution >= 0.6 is 0 Å². The maximum absolute atomic E-state index is 12.2. The minimum absolute atomic E-state index is 0.00364. The number of hydrogen-bond donors (Lipinski definition) is 1. The Labute approximate surface area is 150 Å². The fourth-order valence-corrected chi connectivity index (χ4v) is 2.65. The van der Waals surface area contributed by atoms with Gasteiger partial charge in [0.2, 0.25) is 0 Å². The van der Waals surface area contributed by atoms with Crippen LogP contribution in [-0.4, -0.2) is 19.6 Å². The standard InChI is InChI=1S/C21H27NO3/c1-14(2)19-11-6-15(3)12-20(19)25-13-21(23)22-16(4)17-7-9-18(24-5)10-8-17/h6-12,14,16H,13H2,1-5H3,(H,22,23). The number of rotatable bonds is 7. The van der Waals surface area contributed by atoms with Gasteiger partial charge in [0.1, 0.15) is 11.5 Å². The number of aryl methyl sites for hydroxylation is 1. The minimum Gasteiger partial charge on any atom is -0.497 e. The Bertz CT molecular complexity index is 708. The molecule has 4 heteroatoms. The number of carbonyl (C=O) groups excluding carboxylic acids is 1. The van der Waals surface area contributed by atoms with Gasteiger partial charge in [-0.1, -0.05) is 38.1 Å². The molecule has 134 valence electrons. The predicted molar refractivity (Wildman–Crippen MR) is 100 cm³/mol. The lowest BCUT2D eigenvalue weighted by Gasteiger charge is -2.17.